The van der Waals surface area contributed by atoms with Gasteiger partial charge in [0, 0.05) is 18.0 Å². The quantitative estimate of drug-likeness (QED) is 0.559. The smallest absolute Gasteiger partial charge is 0.357 e. The maximum Gasteiger partial charge on any atom is 0.357 e. The fourth-order valence-corrected chi connectivity index (χ4v) is 4.38. The summed E-state index contributed by atoms with van der Waals surface area (Å²) in [4.78, 5) is 28.1. The Balaban J connectivity index is 1.72. The number of anilines is 2. The van der Waals surface area contributed by atoms with E-state index in [0.29, 0.717) is 5.69 Å². The number of rotatable bonds is 7. The first kappa shape index (κ1) is 21.5. The maximum absolute atomic E-state index is 12.8. The van der Waals surface area contributed by atoms with Crippen LogP contribution in [0.2, 0.25) is 0 Å². The number of amides is 1. The van der Waals surface area contributed by atoms with Crippen molar-refractivity contribution in [1.29, 1.82) is 0 Å². The van der Waals surface area contributed by atoms with E-state index in [2.05, 4.69) is 10.3 Å². The average molecular weight is 446 g/mol. The third kappa shape index (κ3) is 4.66. The molecule has 0 saturated heterocycles. The maximum atomic E-state index is 12.8. The molecule has 1 amide bonds. The van der Waals surface area contributed by atoms with E-state index in [4.69, 9.17) is 4.74 Å². The molecule has 1 heterocycles. The normalized spacial score (nSPS) is 11.0. The number of para-hydroxylation sites is 1. The molecule has 3 rings (SSSR count). The van der Waals surface area contributed by atoms with Crippen LogP contribution in [-0.2, 0) is 14.8 Å². The third-order valence-electron chi connectivity index (χ3n) is 4.10. The Bertz CT molecular complexity index is 1140. The highest BCUT2D eigenvalue weighted by molar-refractivity contribution is 7.92. The summed E-state index contributed by atoms with van der Waals surface area (Å²) in [5.74, 6) is -1.04. The molecule has 0 aliphatic heterocycles. The minimum Gasteiger partial charge on any atom is -0.461 e. The molecule has 0 atom stereocenters. The Morgan fingerprint density at radius 1 is 1.10 bits per heavy atom. The zero-order chi connectivity index (χ0) is 21.7. The first-order chi connectivity index (χ1) is 14.3. The van der Waals surface area contributed by atoms with E-state index in [-0.39, 0.29) is 27.9 Å². The topological polar surface area (TPSA) is 106 Å². The zero-order valence-electron chi connectivity index (χ0n) is 16.2. The monoisotopic (exact) mass is 445 g/mol. The van der Waals surface area contributed by atoms with E-state index < -0.39 is 21.9 Å². The van der Waals surface area contributed by atoms with Crippen LogP contribution in [0.5, 0.6) is 0 Å². The molecule has 2 aromatic carbocycles. The van der Waals surface area contributed by atoms with Crippen LogP contribution in [-0.4, -0.2) is 38.9 Å². The van der Waals surface area contributed by atoms with Gasteiger partial charge in [-0.15, -0.1) is 11.3 Å². The SMILES string of the molecule is CCOC(=O)c1csc(NC(=O)c2ccc(S(=O)(=O)N(C)c3ccccc3)cc2)n1. The summed E-state index contributed by atoms with van der Waals surface area (Å²) in [6, 6.07) is 14.3. The number of nitrogens with zero attached hydrogens (tertiary/aromatic N) is 2. The van der Waals surface area contributed by atoms with Crippen LogP contribution in [0.15, 0.2) is 64.9 Å². The van der Waals surface area contributed by atoms with Crippen LogP contribution < -0.4 is 9.62 Å². The molecular weight excluding hydrogens is 426 g/mol. The predicted octanol–water partition coefficient (Wildman–Crippen LogP) is 3.40. The van der Waals surface area contributed by atoms with Crippen molar-refractivity contribution in [3.8, 4) is 0 Å². The molecule has 8 nitrogen and oxygen atoms in total. The highest BCUT2D eigenvalue weighted by Gasteiger charge is 2.22. The van der Waals surface area contributed by atoms with Gasteiger partial charge in [-0.1, -0.05) is 18.2 Å². The second-order valence-electron chi connectivity index (χ2n) is 6.04. The summed E-state index contributed by atoms with van der Waals surface area (Å²) in [5, 5.41) is 4.31. The van der Waals surface area contributed by atoms with Gasteiger partial charge in [-0.25, -0.2) is 18.2 Å². The molecule has 0 saturated carbocycles. The molecule has 0 unspecified atom stereocenters. The number of thiazole rings is 1. The van der Waals surface area contributed by atoms with Crippen molar-refractivity contribution < 1.29 is 22.7 Å². The van der Waals surface area contributed by atoms with Gasteiger partial charge < -0.3 is 4.74 Å². The zero-order valence-corrected chi connectivity index (χ0v) is 17.9. The number of sulfonamides is 1. The van der Waals surface area contributed by atoms with E-state index in [9.17, 15) is 18.0 Å². The van der Waals surface area contributed by atoms with Gasteiger partial charge in [0.2, 0.25) is 0 Å². The standard InChI is InChI=1S/C20H19N3O5S2/c1-3-28-19(25)17-13-29-20(21-17)22-18(24)14-9-11-16(12-10-14)30(26,27)23(2)15-7-5-4-6-8-15/h4-13H,3H2,1-2H3,(H,21,22,24). The van der Waals surface area contributed by atoms with Crippen molar-refractivity contribution in [2.75, 3.05) is 23.3 Å². The largest absolute Gasteiger partial charge is 0.461 e. The lowest BCUT2D eigenvalue weighted by Crippen LogP contribution is -2.26. The molecule has 156 valence electrons. The van der Waals surface area contributed by atoms with Gasteiger partial charge in [0.15, 0.2) is 10.8 Å². The molecule has 1 N–H and O–H groups in total. The fraction of sp³-hybridized carbons (Fsp3) is 0.150. The molecule has 10 heteroatoms. The van der Waals surface area contributed by atoms with Gasteiger partial charge in [-0.05, 0) is 43.3 Å². The summed E-state index contributed by atoms with van der Waals surface area (Å²) in [7, 11) is -2.30. The number of carbonyl (C=O) groups excluding carboxylic acids is 2. The van der Waals surface area contributed by atoms with Crippen LogP contribution in [0.25, 0.3) is 0 Å². The van der Waals surface area contributed by atoms with Gasteiger partial charge >= 0.3 is 5.97 Å². The molecule has 0 radical (unpaired) electrons. The highest BCUT2D eigenvalue weighted by atomic mass is 32.2. The summed E-state index contributed by atoms with van der Waals surface area (Å²) in [5.41, 5.74) is 0.896. The number of ether oxygens (including phenoxy) is 1. The highest BCUT2D eigenvalue weighted by Crippen LogP contribution is 2.22. The minimum atomic E-state index is -3.77. The van der Waals surface area contributed by atoms with Gasteiger partial charge in [-0.3, -0.25) is 14.4 Å². The third-order valence-corrected chi connectivity index (χ3v) is 6.66. The summed E-state index contributed by atoms with van der Waals surface area (Å²) in [6.45, 7) is 1.92. The summed E-state index contributed by atoms with van der Waals surface area (Å²) >= 11 is 1.09. The van der Waals surface area contributed by atoms with Crippen molar-refractivity contribution in [2.45, 2.75) is 11.8 Å². The first-order valence-electron chi connectivity index (χ1n) is 8.91. The van der Waals surface area contributed by atoms with Crippen LogP contribution in [0.3, 0.4) is 0 Å². The Labute approximate surface area is 178 Å². The molecule has 0 fully saturated rings. The van der Waals surface area contributed by atoms with Gasteiger partial charge in [-0.2, -0.15) is 0 Å². The van der Waals surface area contributed by atoms with Crippen LogP contribution in [0.1, 0.15) is 27.8 Å². The Morgan fingerprint density at radius 3 is 2.40 bits per heavy atom. The predicted molar refractivity (Wildman–Crippen MR) is 114 cm³/mol. The number of esters is 1. The van der Waals surface area contributed by atoms with E-state index >= 15 is 0 Å². The van der Waals surface area contributed by atoms with E-state index in [1.807, 2.05) is 0 Å². The molecule has 3 aromatic rings. The molecule has 0 aliphatic rings. The fourth-order valence-electron chi connectivity index (χ4n) is 2.51. The Kier molecular flexibility index (Phi) is 6.48. The molecule has 30 heavy (non-hydrogen) atoms. The number of benzene rings is 2. The van der Waals surface area contributed by atoms with Crippen molar-refractivity contribution in [2.24, 2.45) is 0 Å². The van der Waals surface area contributed by atoms with Crippen LogP contribution in [0.4, 0.5) is 10.8 Å². The second-order valence-corrected chi connectivity index (χ2v) is 8.87. The number of nitrogens with one attached hydrogen (secondary N) is 1. The molecule has 0 spiro atoms. The lowest BCUT2D eigenvalue weighted by molar-refractivity contribution is 0.0520. The molecule has 1 aromatic heterocycles. The Hall–Kier alpha value is -3.24. The second kappa shape index (κ2) is 9.06. The minimum absolute atomic E-state index is 0.0595. The van der Waals surface area contributed by atoms with Gasteiger partial charge in [0.1, 0.15) is 0 Å². The molecule has 0 bridgehead atoms. The molecule has 0 aliphatic carbocycles. The lowest BCUT2D eigenvalue weighted by Gasteiger charge is -2.19. The van der Waals surface area contributed by atoms with Crippen LogP contribution in [0, 0.1) is 0 Å². The number of aromatic nitrogens is 1. The number of hydrogen-bond donors (Lipinski definition) is 1. The Morgan fingerprint density at radius 2 is 1.77 bits per heavy atom. The van der Waals surface area contributed by atoms with E-state index in [1.54, 1.807) is 37.3 Å². The van der Waals surface area contributed by atoms with E-state index in [0.717, 1.165) is 11.3 Å². The van der Waals surface area contributed by atoms with Crippen LogP contribution >= 0.6 is 11.3 Å². The summed E-state index contributed by atoms with van der Waals surface area (Å²) < 4.78 is 31.6. The summed E-state index contributed by atoms with van der Waals surface area (Å²) in [6.07, 6.45) is 0. The molecular formula is C20H19N3O5S2. The van der Waals surface area contributed by atoms with Gasteiger partial charge in [0.05, 0.1) is 17.2 Å². The lowest BCUT2D eigenvalue weighted by atomic mass is 10.2. The van der Waals surface area contributed by atoms with Crippen molar-refractivity contribution >= 4 is 44.1 Å². The van der Waals surface area contributed by atoms with E-state index in [1.165, 1.54) is 41.0 Å². The first-order valence-corrected chi connectivity index (χ1v) is 11.2. The van der Waals surface area contributed by atoms with Crippen molar-refractivity contribution in [1.82, 2.24) is 4.98 Å². The number of hydrogen-bond acceptors (Lipinski definition) is 7. The van der Waals surface area contributed by atoms with Gasteiger partial charge in [0.25, 0.3) is 15.9 Å². The average Bonchev–Trinajstić information content (AvgIpc) is 3.22. The number of carbonyl (C=O) groups is 2. The van der Waals surface area contributed by atoms with Crippen molar-refractivity contribution in [3.05, 3.63) is 71.2 Å². The van der Waals surface area contributed by atoms with Crippen molar-refractivity contribution in [3.63, 3.8) is 0 Å².